The molecule has 0 heterocycles. The Bertz CT molecular complexity index is 172. The topological polar surface area (TPSA) is 26.3 Å². The molecule has 0 unspecified atom stereocenters. The zero-order valence-electron chi connectivity index (χ0n) is 6.52. The molecule has 0 aliphatic rings. The van der Waals surface area contributed by atoms with E-state index in [0.29, 0.717) is 6.61 Å². The molecule has 0 aromatic heterocycles. The Kier molecular flexibility index (Phi) is 4.39. The molecule has 0 rings (SSSR count). The minimum absolute atomic E-state index is 0.329. The fourth-order valence-electron chi connectivity index (χ4n) is 0.477. The highest BCUT2D eigenvalue weighted by Gasteiger charge is 2.29. The number of allylic oxidation sites excluding steroid dienone is 1. The van der Waals surface area contributed by atoms with Gasteiger partial charge >= 0.3 is 6.18 Å². The Morgan fingerprint density at radius 3 is 2.50 bits per heavy atom. The summed E-state index contributed by atoms with van der Waals surface area (Å²) in [6.45, 7) is 1.99. The molecule has 0 aliphatic carbocycles. The maximum Gasteiger partial charge on any atom is 0.396 e. The third kappa shape index (κ3) is 7.11. The molecule has 0 aromatic rings. The van der Waals surface area contributed by atoms with Crippen LogP contribution in [0.3, 0.4) is 0 Å². The van der Waals surface area contributed by atoms with Crippen molar-refractivity contribution in [2.45, 2.75) is 19.5 Å². The quantitative estimate of drug-likeness (QED) is 0.491. The van der Waals surface area contributed by atoms with Gasteiger partial charge in [0, 0.05) is 6.08 Å². The molecule has 0 atom stereocenters. The Hall–Kier alpha value is -1.00. The van der Waals surface area contributed by atoms with Crippen molar-refractivity contribution in [1.82, 2.24) is 0 Å². The van der Waals surface area contributed by atoms with Crippen LogP contribution in [-0.4, -0.2) is 18.6 Å². The molecule has 0 aromatic carbocycles. The third-order valence-electron chi connectivity index (χ3n) is 0.892. The van der Waals surface area contributed by atoms with Gasteiger partial charge in [0.05, 0.1) is 12.9 Å². The van der Waals surface area contributed by atoms with Gasteiger partial charge in [-0.1, -0.05) is 0 Å². The number of carbonyl (C=O) groups is 1. The summed E-state index contributed by atoms with van der Waals surface area (Å²) in [5.41, 5.74) is 0. The van der Waals surface area contributed by atoms with Gasteiger partial charge in [0.25, 0.3) is 0 Å². The summed E-state index contributed by atoms with van der Waals surface area (Å²) in [7, 11) is 0. The van der Waals surface area contributed by atoms with Crippen molar-refractivity contribution in [3.05, 3.63) is 12.3 Å². The Morgan fingerprint density at radius 1 is 1.50 bits per heavy atom. The van der Waals surface area contributed by atoms with Crippen LogP contribution < -0.4 is 0 Å². The van der Waals surface area contributed by atoms with E-state index in [4.69, 9.17) is 0 Å². The van der Waals surface area contributed by atoms with Crippen LogP contribution in [0.5, 0.6) is 0 Å². The highest BCUT2D eigenvalue weighted by Crippen LogP contribution is 2.19. The van der Waals surface area contributed by atoms with Crippen LogP contribution in [0.1, 0.15) is 13.3 Å². The smallest absolute Gasteiger partial charge is 0.396 e. The first kappa shape index (κ1) is 11.0. The lowest BCUT2D eigenvalue weighted by atomic mass is 10.3. The van der Waals surface area contributed by atoms with Crippen molar-refractivity contribution < 1.29 is 22.7 Å². The molecule has 0 aliphatic heterocycles. The van der Waals surface area contributed by atoms with Crippen molar-refractivity contribution in [2.24, 2.45) is 0 Å². The number of carbonyl (C=O) groups excluding carboxylic acids is 1. The van der Waals surface area contributed by atoms with Gasteiger partial charge in [-0.25, -0.2) is 0 Å². The van der Waals surface area contributed by atoms with Gasteiger partial charge in [0.1, 0.15) is 6.42 Å². The molecule has 0 saturated heterocycles. The Labute approximate surface area is 68.0 Å². The summed E-state index contributed by atoms with van der Waals surface area (Å²) >= 11 is 0. The molecule has 12 heavy (non-hydrogen) atoms. The van der Waals surface area contributed by atoms with E-state index in [1.54, 1.807) is 6.92 Å². The average molecular weight is 182 g/mol. The molecule has 2 nitrogen and oxygen atoms in total. The normalized spacial score (nSPS) is 12.0. The molecular formula is C7H9F3O2. The van der Waals surface area contributed by atoms with Crippen molar-refractivity contribution in [1.29, 1.82) is 0 Å². The first-order valence-corrected chi connectivity index (χ1v) is 3.33. The van der Waals surface area contributed by atoms with Crippen LogP contribution in [0.15, 0.2) is 12.3 Å². The molecule has 0 bridgehead atoms. The number of ketones is 1. The van der Waals surface area contributed by atoms with Crippen LogP contribution in [0, 0.1) is 0 Å². The zero-order chi connectivity index (χ0) is 9.61. The SMILES string of the molecule is CCO/C=C/C(=O)CC(F)(F)F. The number of rotatable bonds is 4. The molecule has 70 valence electrons. The molecule has 0 radical (unpaired) electrons. The van der Waals surface area contributed by atoms with Crippen molar-refractivity contribution in [3.63, 3.8) is 0 Å². The van der Waals surface area contributed by atoms with Gasteiger partial charge in [-0.3, -0.25) is 4.79 Å². The molecule has 0 spiro atoms. The summed E-state index contributed by atoms with van der Waals surface area (Å²) in [5.74, 6) is -1.00. The third-order valence-corrected chi connectivity index (χ3v) is 0.892. The average Bonchev–Trinajstić information content (AvgIpc) is 1.84. The van der Waals surface area contributed by atoms with E-state index in [-0.39, 0.29) is 0 Å². The predicted octanol–water partition coefficient (Wildman–Crippen LogP) is 2.06. The summed E-state index contributed by atoms with van der Waals surface area (Å²) in [4.78, 5) is 10.4. The first-order chi connectivity index (χ1) is 5.45. The number of hydrogen-bond donors (Lipinski definition) is 0. The number of ether oxygens (including phenoxy) is 1. The molecule has 0 N–H and O–H groups in total. The monoisotopic (exact) mass is 182 g/mol. The molecule has 0 fully saturated rings. The van der Waals surface area contributed by atoms with Gasteiger partial charge in [-0.05, 0) is 6.92 Å². The van der Waals surface area contributed by atoms with E-state index >= 15 is 0 Å². The molecule has 0 amide bonds. The molecule has 5 heteroatoms. The maximum absolute atomic E-state index is 11.5. The van der Waals surface area contributed by atoms with E-state index < -0.39 is 18.4 Å². The van der Waals surface area contributed by atoms with Crippen molar-refractivity contribution in [2.75, 3.05) is 6.61 Å². The van der Waals surface area contributed by atoms with Crippen LogP contribution in [0.2, 0.25) is 0 Å². The Balaban J connectivity index is 3.75. The molecular weight excluding hydrogens is 173 g/mol. The van der Waals surface area contributed by atoms with Gasteiger partial charge < -0.3 is 4.74 Å². The summed E-state index contributed by atoms with van der Waals surface area (Å²) in [6.07, 6.45) is -4.13. The zero-order valence-corrected chi connectivity index (χ0v) is 6.52. The van der Waals surface area contributed by atoms with Crippen LogP contribution in [0.25, 0.3) is 0 Å². The number of hydrogen-bond acceptors (Lipinski definition) is 2. The lowest BCUT2D eigenvalue weighted by molar-refractivity contribution is -0.149. The van der Waals surface area contributed by atoms with E-state index in [1.165, 1.54) is 0 Å². The van der Waals surface area contributed by atoms with Gasteiger partial charge in [-0.2, -0.15) is 13.2 Å². The van der Waals surface area contributed by atoms with Crippen molar-refractivity contribution in [3.8, 4) is 0 Å². The second-order valence-corrected chi connectivity index (χ2v) is 2.02. The predicted molar refractivity (Wildman–Crippen MR) is 36.4 cm³/mol. The second-order valence-electron chi connectivity index (χ2n) is 2.02. The number of halogens is 3. The molecule has 0 saturated carbocycles. The summed E-state index contributed by atoms with van der Waals surface area (Å²) in [5, 5.41) is 0. The minimum atomic E-state index is -4.44. The van der Waals surface area contributed by atoms with Crippen LogP contribution in [-0.2, 0) is 9.53 Å². The van der Waals surface area contributed by atoms with Gasteiger partial charge in [0.2, 0.25) is 0 Å². The second kappa shape index (κ2) is 4.79. The highest BCUT2D eigenvalue weighted by atomic mass is 19.4. The van der Waals surface area contributed by atoms with E-state index in [1.807, 2.05) is 0 Å². The lowest BCUT2D eigenvalue weighted by Gasteiger charge is -2.01. The first-order valence-electron chi connectivity index (χ1n) is 3.33. The van der Waals surface area contributed by atoms with Crippen molar-refractivity contribution >= 4 is 5.78 Å². The summed E-state index contributed by atoms with van der Waals surface area (Å²) < 4.78 is 39.1. The highest BCUT2D eigenvalue weighted by molar-refractivity contribution is 5.89. The maximum atomic E-state index is 11.5. The van der Waals surface area contributed by atoms with Gasteiger partial charge in [-0.15, -0.1) is 0 Å². The van der Waals surface area contributed by atoms with E-state index in [2.05, 4.69) is 4.74 Å². The van der Waals surface area contributed by atoms with Crippen LogP contribution >= 0.6 is 0 Å². The van der Waals surface area contributed by atoms with E-state index in [9.17, 15) is 18.0 Å². The largest absolute Gasteiger partial charge is 0.501 e. The minimum Gasteiger partial charge on any atom is -0.501 e. The fraction of sp³-hybridized carbons (Fsp3) is 0.571. The lowest BCUT2D eigenvalue weighted by Crippen LogP contribution is -2.12. The standard InChI is InChI=1S/C7H9F3O2/c1-2-12-4-3-6(11)5-7(8,9)10/h3-4H,2,5H2,1H3/b4-3+. The van der Waals surface area contributed by atoms with Gasteiger partial charge in [0.15, 0.2) is 5.78 Å². The fourth-order valence-corrected chi connectivity index (χ4v) is 0.477. The van der Waals surface area contributed by atoms with E-state index in [0.717, 1.165) is 12.3 Å². The Morgan fingerprint density at radius 2 is 2.08 bits per heavy atom. The number of alkyl halides is 3. The van der Waals surface area contributed by atoms with Crippen LogP contribution in [0.4, 0.5) is 13.2 Å². The summed E-state index contributed by atoms with van der Waals surface area (Å²) in [6, 6.07) is 0.